The number of carbonyl (C=O) groups excluding carboxylic acids is 1. The lowest BCUT2D eigenvalue weighted by atomic mass is 9.83. The predicted molar refractivity (Wildman–Crippen MR) is 107 cm³/mol. The van der Waals surface area contributed by atoms with E-state index in [4.69, 9.17) is 0 Å². The van der Waals surface area contributed by atoms with Crippen LogP contribution in [-0.2, 0) is 4.79 Å². The van der Waals surface area contributed by atoms with Gasteiger partial charge in [0.15, 0.2) is 0 Å². The van der Waals surface area contributed by atoms with Crippen molar-refractivity contribution in [2.45, 2.75) is 50.5 Å². The molecule has 2 aliphatic rings. The maximum absolute atomic E-state index is 13.2. The van der Waals surface area contributed by atoms with E-state index < -0.39 is 0 Å². The van der Waals surface area contributed by atoms with Crippen LogP contribution in [0.4, 0.5) is 5.82 Å². The number of rotatable bonds is 5. The van der Waals surface area contributed by atoms with Gasteiger partial charge in [-0.15, -0.1) is 0 Å². The summed E-state index contributed by atoms with van der Waals surface area (Å²) in [6.07, 6.45) is 12.0. The highest BCUT2D eigenvalue weighted by molar-refractivity contribution is 5.84. The van der Waals surface area contributed by atoms with Gasteiger partial charge in [-0.3, -0.25) is 9.78 Å². The summed E-state index contributed by atoms with van der Waals surface area (Å²) in [5.74, 6) is 1.61. The maximum atomic E-state index is 13.2. The third-order valence-corrected chi connectivity index (χ3v) is 6.03. The van der Waals surface area contributed by atoms with Crippen LogP contribution in [-0.4, -0.2) is 35.0 Å². The minimum Gasteiger partial charge on any atom is -0.355 e. The SMILES string of the molecule is O=C(NC1CCN(c2cnccn2)CC1)[C@@H](c1ccccc1)C1CCCC1. The molecular formula is C22H28N4O. The molecule has 2 heterocycles. The summed E-state index contributed by atoms with van der Waals surface area (Å²) in [5.41, 5.74) is 1.17. The van der Waals surface area contributed by atoms with Crippen molar-refractivity contribution in [2.75, 3.05) is 18.0 Å². The van der Waals surface area contributed by atoms with E-state index in [-0.39, 0.29) is 17.9 Å². The molecule has 4 rings (SSSR count). The van der Waals surface area contributed by atoms with E-state index in [9.17, 15) is 4.79 Å². The first-order chi connectivity index (χ1) is 13.3. The van der Waals surface area contributed by atoms with E-state index in [0.29, 0.717) is 5.92 Å². The summed E-state index contributed by atoms with van der Waals surface area (Å²) >= 11 is 0. The Morgan fingerprint density at radius 1 is 1.04 bits per heavy atom. The van der Waals surface area contributed by atoms with Crippen molar-refractivity contribution in [2.24, 2.45) is 5.92 Å². The van der Waals surface area contributed by atoms with Crippen molar-refractivity contribution >= 4 is 11.7 Å². The van der Waals surface area contributed by atoms with Crippen molar-refractivity contribution in [1.29, 1.82) is 0 Å². The smallest absolute Gasteiger partial charge is 0.228 e. The van der Waals surface area contributed by atoms with Crippen LogP contribution in [0.5, 0.6) is 0 Å². The predicted octanol–water partition coefficient (Wildman–Crippen LogP) is 3.54. The Morgan fingerprint density at radius 2 is 1.78 bits per heavy atom. The second-order valence-corrected chi connectivity index (χ2v) is 7.77. The zero-order chi connectivity index (χ0) is 18.5. The fourth-order valence-corrected chi connectivity index (χ4v) is 4.59. The van der Waals surface area contributed by atoms with Crippen LogP contribution in [0.25, 0.3) is 0 Å². The molecule has 1 saturated heterocycles. The van der Waals surface area contributed by atoms with E-state index >= 15 is 0 Å². The Bertz CT molecular complexity index is 722. The van der Waals surface area contributed by atoms with Crippen LogP contribution < -0.4 is 10.2 Å². The van der Waals surface area contributed by atoms with E-state index in [1.54, 1.807) is 12.4 Å². The van der Waals surface area contributed by atoms with Gasteiger partial charge in [0.2, 0.25) is 5.91 Å². The summed E-state index contributed by atoms with van der Waals surface area (Å²) in [7, 11) is 0. The highest BCUT2D eigenvalue weighted by atomic mass is 16.2. The molecule has 5 heteroatoms. The molecule has 1 aliphatic heterocycles. The number of anilines is 1. The van der Waals surface area contributed by atoms with Crippen molar-refractivity contribution < 1.29 is 4.79 Å². The topological polar surface area (TPSA) is 58.1 Å². The van der Waals surface area contributed by atoms with Crippen LogP contribution in [0.15, 0.2) is 48.9 Å². The molecule has 1 amide bonds. The van der Waals surface area contributed by atoms with Gasteiger partial charge >= 0.3 is 0 Å². The lowest BCUT2D eigenvalue weighted by Gasteiger charge is -2.34. The highest BCUT2D eigenvalue weighted by Gasteiger charge is 2.33. The number of hydrogen-bond acceptors (Lipinski definition) is 4. The Hall–Kier alpha value is -2.43. The zero-order valence-corrected chi connectivity index (χ0v) is 15.8. The van der Waals surface area contributed by atoms with Gasteiger partial charge in [-0.2, -0.15) is 0 Å². The Morgan fingerprint density at radius 3 is 2.44 bits per heavy atom. The van der Waals surface area contributed by atoms with E-state index in [2.05, 4.69) is 32.3 Å². The molecule has 5 nitrogen and oxygen atoms in total. The lowest BCUT2D eigenvalue weighted by Crippen LogP contribution is -2.47. The number of hydrogen-bond donors (Lipinski definition) is 1. The summed E-state index contributed by atoms with van der Waals surface area (Å²) in [6, 6.07) is 10.6. The molecule has 1 saturated carbocycles. The second-order valence-electron chi connectivity index (χ2n) is 7.77. The number of nitrogens with zero attached hydrogens (tertiary/aromatic N) is 3. The molecule has 1 N–H and O–H groups in total. The largest absolute Gasteiger partial charge is 0.355 e. The number of nitrogens with one attached hydrogen (secondary N) is 1. The normalized spacial score (nSPS) is 19.8. The van der Waals surface area contributed by atoms with Crippen molar-refractivity contribution in [3.05, 3.63) is 54.5 Å². The summed E-state index contributed by atoms with van der Waals surface area (Å²) in [6.45, 7) is 1.81. The van der Waals surface area contributed by atoms with E-state index in [1.807, 2.05) is 24.4 Å². The average molecular weight is 364 g/mol. The van der Waals surface area contributed by atoms with Crippen molar-refractivity contribution in [1.82, 2.24) is 15.3 Å². The standard InChI is InChI=1S/C22H28N4O/c27-22(21(18-8-4-5-9-18)17-6-2-1-3-7-17)25-19-10-14-26(15-11-19)20-16-23-12-13-24-20/h1-3,6-7,12-13,16,18-19,21H,4-5,8-11,14-15H2,(H,25,27)/t21-/m0/s1. The molecule has 2 aromatic rings. The molecule has 0 unspecified atom stereocenters. The minimum absolute atomic E-state index is 0.00767. The molecule has 1 aromatic carbocycles. The van der Waals surface area contributed by atoms with Gasteiger partial charge in [0.25, 0.3) is 0 Å². The molecule has 142 valence electrons. The molecule has 0 spiro atoms. The van der Waals surface area contributed by atoms with Crippen LogP contribution in [0.2, 0.25) is 0 Å². The van der Waals surface area contributed by atoms with Crippen LogP contribution in [0.1, 0.15) is 50.0 Å². The quantitative estimate of drug-likeness (QED) is 0.882. The minimum atomic E-state index is -0.00767. The van der Waals surface area contributed by atoms with Gasteiger partial charge in [0.05, 0.1) is 12.1 Å². The van der Waals surface area contributed by atoms with Gasteiger partial charge in [0, 0.05) is 31.5 Å². The molecule has 27 heavy (non-hydrogen) atoms. The van der Waals surface area contributed by atoms with Crippen molar-refractivity contribution in [3.8, 4) is 0 Å². The molecule has 1 atom stereocenters. The summed E-state index contributed by atoms with van der Waals surface area (Å²) < 4.78 is 0. The van der Waals surface area contributed by atoms with Crippen LogP contribution in [0, 0.1) is 5.92 Å². The number of amides is 1. The monoisotopic (exact) mass is 364 g/mol. The molecule has 1 aliphatic carbocycles. The Balaban J connectivity index is 1.38. The van der Waals surface area contributed by atoms with E-state index in [0.717, 1.165) is 44.6 Å². The summed E-state index contributed by atoms with van der Waals surface area (Å²) in [4.78, 5) is 24.0. The van der Waals surface area contributed by atoms with Crippen LogP contribution >= 0.6 is 0 Å². The zero-order valence-electron chi connectivity index (χ0n) is 15.8. The summed E-state index contributed by atoms with van der Waals surface area (Å²) in [5, 5.41) is 3.36. The third kappa shape index (κ3) is 4.29. The first-order valence-corrected chi connectivity index (χ1v) is 10.2. The molecule has 0 radical (unpaired) electrons. The first kappa shape index (κ1) is 18.0. The molecule has 0 bridgehead atoms. The van der Waals surface area contributed by atoms with Gasteiger partial charge in [-0.25, -0.2) is 4.98 Å². The fourth-order valence-electron chi connectivity index (χ4n) is 4.59. The third-order valence-electron chi connectivity index (χ3n) is 6.03. The Kier molecular flexibility index (Phi) is 5.66. The highest BCUT2D eigenvalue weighted by Crippen LogP contribution is 2.37. The number of piperidine rings is 1. The van der Waals surface area contributed by atoms with Crippen molar-refractivity contribution in [3.63, 3.8) is 0 Å². The average Bonchev–Trinajstić information content (AvgIpc) is 3.24. The lowest BCUT2D eigenvalue weighted by molar-refractivity contribution is -0.124. The maximum Gasteiger partial charge on any atom is 0.228 e. The molecule has 1 aromatic heterocycles. The molecular weight excluding hydrogens is 336 g/mol. The number of aromatic nitrogens is 2. The number of benzene rings is 1. The van der Waals surface area contributed by atoms with Crippen LogP contribution in [0.3, 0.4) is 0 Å². The first-order valence-electron chi connectivity index (χ1n) is 10.2. The Labute approximate surface area is 161 Å². The van der Waals surface area contributed by atoms with Gasteiger partial charge in [-0.1, -0.05) is 43.2 Å². The van der Waals surface area contributed by atoms with Gasteiger partial charge < -0.3 is 10.2 Å². The van der Waals surface area contributed by atoms with Gasteiger partial charge in [0.1, 0.15) is 5.82 Å². The van der Waals surface area contributed by atoms with E-state index in [1.165, 1.54) is 18.4 Å². The van der Waals surface area contributed by atoms with Gasteiger partial charge in [-0.05, 0) is 37.2 Å². The second kappa shape index (κ2) is 8.51. The fraction of sp³-hybridized carbons (Fsp3) is 0.500. The molecule has 2 fully saturated rings. The number of carbonyl (C=O) groups is 1.